The molecule has 8 heteroatoms. The summed E-state index contributed by atoms with van der Waals surface area (Å²) in [6.07, 6.45) is 0. The Balaban J connectivity index is 1.54. The van der Waals surface area contributed by atoms with Crippen molar-refractivity contribution in [2.75, 3.05) is 12.4 Å². The number of aromatic nitrogens is 3. The van der Waals surface area contributed by atoms with E-state index < -0.39 is 0 Å². The van der Waals surface area contributed by atoms with Crippen molar-refractivity contribution in [1.82, 2.24) is 20.1 Å². The fraction of sp³-hybridized carbons (Fsp3) is 0.250. The van der Waals surface area contributed by atoms with Crippen molar-refractivity contribution < 1.29 is 9.53 Å². The predicted molar refractivity (Wildman–Crippen MR) is 114 cm³/mol. The average Bonchev–Trinajstić information content (AvgIpc) is 3.07. The zero-order valence-electron chi connectivity index (χ0n) is 15.6. The van der Waals surface area contributed by atoms with Crippen molar-refractivity contribution in [3.8, 4) is 5.75 Å². The van der Waals surface area contributed by atoms with Gasteiger partial charge >= 0.3 is 0 Å². The lowest BCUT2D eigenvalue weighted by Gasteiger charge is -2.14. The lowest BCUT2D eigenvalue weighted by molar-refractivity contribution is 0.0937. The smallest absolute Gasteiger partial charge is 0.253 e. The van der Waals surface area contributed by atoms with Crippen molar-refractivity contribution >= 4 is 33.6 Å². The number of benzene rings is 2. The zero-order valence-corrected chi connectivity index (χ0v) is 18.0. The highest BCUT2D eigenvalue weighted by Crippen LogP contribution is 2.21. The van der Waals surface area contributed by atoms with E-state index in [0.717, 1.165) is 21.1 Å². The van der Waals surface area contributed by atoms with E-state index in [1.54, 1.807) is 17.8 Å². The number of hydrogen-bond acceptors (Lipinski definition) is 5. The minimum atomic E-state index is -0.271. The Bertz CT molecular complexity index is 933. The van der Waals surface area contributed by atoms with E-state index in [4.69, 9.17) is 4.74 Å². The van der Waals surface area contributed by atoms with Crippen LogP contribution >= 0.6 is 27.7 Å². The van der Waals surface area contributed by atoms with Crippen LogP contribution in [0.4, 0.5) is 0 Å². The van der Waals surface area contributed by atoms with Crippen LogP contribution in [0.5, 0.6) is 5.75 Å². The molecule has 3 aromatic rings. The van der Waals surface area contributed by atoms with Gasteiger partial charge in [-0.1, -0.05) is 42.1 Å². The number of ether oxygens (including phenoxy) is 1. The van der Waals surface area contributed by atoms with E-state index in [1.807, 2.05) is 67.1 Å². The monoisotopic (exact) mass is 460 g/mol. The molecule has 0 spiro atoms. The fourth-order valence-corrected chi connectivity index (χ4v) is 3.82. The molecule has 0 radical (unpaired) electrons. The maximum Gasteiger partial charge on any atom is 0.253 e. The number of carbonyl (C=O) groups excluding carboxylic acids is 1. The number of amides is 1. The number of para-hydroxylation sites is 1. The molecule has 1 amide bonds. The minimum absolute atomic E-state index is 0.159. The highest BCUT2D eigenvalue weighted by molar-refractivity contribution is 9.10. The number of nitrogens with one attached hydrogen (secondary N) is 1. The van der Waals surface area contributed by atoms with Gasteiger partial charge in [0.25, 0.3) is 5.91 Å². The van der Waals surface area contributed by atoms with Crippen molar-refractivity contribution in [1.29, 1.82) is 0 Å². The molecular formula is C20H21BrN4O2S. The van der Waals surface area contributed by atoms with Gasteiger partial charge in [0.2, 0.25) is 0 Å². The number of rotatable bonds is 8. The van der Waals surface area contributed by atoms with Gasteiger partial charge < -0.3 is 14.6 Å². The summed E-state index contributed by atoms with van der Waals surface area (Å²) in [5.74, 6) is 2.14. The van der Waals surface area contributed by atoms with Gasteiger partial charge in [0.05, 0.1) is 18.2 Å². The summed E-state index contributed by atoms with van der Waals surface area (Å²) in [5, 5.41) is 12.2. The Morgan fingerprint density at radius 2 is 1.89 bits per heavy atom. The van der Waals surface area contributed by atoms with Gasteiger partial charge in [0.1, 0.15) is 5.75 Å². The van der Waals surface area contributed by atoms with Crippen LogP contribution < -0.4 is 10.1 Å². The van der Waals surface area contributed by atoms with Crippen LogP contribution in [0.2, 0.25) is 0 Å². The van der Waals surface area contributed by atoms with Crippen LogP contribution in [0.15, 0.2) is 64.2 Å². The van der Waals surface area contributed by atoms with E-state index >= 15 is 0 Å². The van der Waals surface area contributed by atoms with Crippen LogP contribution in [-0.4, -0.2) is 33.0 Å². The summed E-state index contributed by atoms with van der Waals surface area (Å²) in [6.45, 7) is 2.47. The van der Waals surface area contributed by atoms with E-state index in [2.05, 4.69) is 31.4 Å². The Hall–Kier alpha value is -2.32. The molecule has 0 fully saturated rings. The van der Waals surface area contributed by atoms with Gasteiger partial charge in [-0.3, -0.25) is 4.79 Å². The van der Waals surface area contributed by atoms with Gasteiger partial charge in [-0.25, -0.2) is 0 Å². The second-order valence-electron chi connectivity index (χ2n) is 6.08. The Kier molecular flexibility index (Phi) is 7.11. The highest BCUT2D eigenvalue weighted by atomic mass is 79.9. The van der Waals surface area contributed by atoms with Gasteiger partial charge in [0.15, 0.2) is 11.0 Å². The fourth-order valence-electron chi connectivity index (χ4n) is 2.62. The first-order valence-electron chi connectivity index (χ1n) is 8.81. The molecule has 0 aliphatic heterocycles. The molecule has 2 aromatic carbocycles. The van der Waals surface area contributed by atoms with Crippen LogP contribution in [-0.2, 0) is 7.05 Å². The maximum absolute atomic E-state index is 12.5. The van der Waals surface area contributed by atoms with Crippen LogP contribution in [0, 0.1) is 0 Å². The molecule has 0 saturated carbocycles. The van der Waals surface area contributed by atoms with Crippen LogP contribution in [0.1, 0.15) is 29.1 Å². The highest BCUT2D eigenvalue weighted by Gasteiger charge is 2.19. The minimum Gasteiger partial charge on any atom is -0.493 e. The standard InChI is InChI=1S/C20H21BrN4O2S/c1-14(22-19(26)16-10-6-7-11-17(16)21)18-23-24-20(25(18)2)28-13-12-27-15-8-4-3-5-9-15/h3-11,14H,12-13H2,1-2H3,(H,22,26)/t14-/m1/s1. The van der Waals surface area contributed by atoms with E-state index in [1.165, 1.54) is 0 Å². The molecule has 0 unspecified atom stereocenters. The van der Waals surface area contributed by atoms with E-state index in [9.17, 15) is 4.79 Å². The second kappa shape index (κ2) is 9.75. The van der Waals surface area contributed by atoms with Gasteiger partial charge in [-0.05, 0) is 47.1 Å². The van der Waals surface area contributed by atoms with Crippen molar-refractivity contribution in [2.45, 2.75) is 18.1 Å². The lowest BCUT2D eigenvalue weighted by Crippen LogP contribution is -2.28. The maximum atomic E-state index is 12.5. The van der Waals surface area contributed by atoms with Gasteiger partial charge in [-0.2, -0.15) is 0 Å². The summed E-state index contributed by atoms with van der Waals surface area (Å²) in [6, 6.07) is 16.8. The van der Waals surface area contributed by atoms with Crippen LogP contribution in [0.3, 0.4) is 0 Å². The first-order valence-corrected chi connectivity index (χ1v) is 10.6. The van der Waals surface area contributed by atoms with Gasteiger partial charge in [-0.15, -0.1) is 10.2 Å². The third kappa shape index (κ3) is 5.14. The van der Waals surface area contributed by atoms with E-state index in [0.29, 0.717) is 18.0 Å². The van der Waals surface area contributed by atoms with Crippen molar-refractivity contribution in [3.05, 3.63) is 70.5 Å². The third-order valence-corrected chi connectivity index (χ3v) is 5.72. The Morgan fingerprint density at radius 1 is 1.18 bits per heavy atom. The molecule has 0 aliphatic carbocycles. The molecule has 0 aliphatic rings. The summed E-state index contributed by atoms with van der Waals surface area (Å²) >= 11 is 4.97. The summed E-state index contributed by atoms with van der Waals surface area (Å²) < 4.78 is 8.35. The Labute approximate surface area is 176 Å². The van der Waals surface area contributed by atoms with E-state index in [-0.39, 0.29) is 11.9 Å². The topological polar surface area (TPSA) is 69.0 Å². The quantitative estimate of drug-likeness (QED) is 0.402. The molecule has 0 bridgehead atoms. The summed E-state index contributed by atoms with van der Waals surface area (Å²) in [5.41, 5.74) is 0.587. The molecule has 146 valence electrons. The second-order valence-corrected chi connectivity index (χ2v) is 8.00. The molecule has 1 aromatic heterocycles. The molecule has 1 atom stereocenters. The molecule has 6 nitrogen and oxygen atoms in total. The number of hydrogen-bond donors (Lipinski definition) is 1. The SMILES string of the molecule is C[C@@H](NC(=O)c1ccccc1Br)c1nnc(SCCOc2ccccc2)n1C. The summed E-state index contributed by atoms with van der Waals surface area (Å²) in [7, 11) is 1.90. The molecular weight excluding hydrogens is 440 g/mol. The zero-order chi connectivity index (χ0) is 19.9. The first-order chi connectivity index (χ1) is 13.6. The first kappa shape index (κ1) is 20.4. The summed E-state index contributed by atoms with van der Waals surface area (Å²) in [4.78, 5) is 12.5. The van der Waals surface area contributed by atoms with Crippen LogP contribution in [0.25, 0.3) is 0 Å². The third-order valence-electron chi connectivity index (χ3n) is 4.05. The van der Waals surface area contributed by atoms with Gasteiger partial charge in [0, 0.05) is 17.3 Å². The normalized spacial score (nSPS) is 11.8. The molecule has 1 N–H and O–H groups in total. The molecule has 0 saturated heterocycles. The van der Waals surface area contributed by atoms with Crippen molar-refractivity contribution in [2.24, 2.45) is 7.05 Å². The lowest BCUT2D eigenvalue weighted by atomic mass is 10.2. The Morgan fingerprint density at radius 3 is 2.64 bits per heavy atom. The van der Waals surface area contributed by atoms with Crippen molar-refractivity contribution in [3.63, 3.8) is 0 Å². The number of halogens is 1. The molecule has 1 heterocycles. The largest absolute Gasteiger partial charge is 0.493 e. The molecule has 28 heavy (non-hydrogen) atoms. The molecule has 3 rings (SSSR count). The number of thioether (sulfide) groups is 1. The number of carbonyl (C=O) groups is 1. The average molecular weight is 461 g/mol. The predicted octanol–water partition coefficient (Wildman–Crippen LogP) is 4.24. The number of nitrogens with zero attached hydrogens (tertiary/aromatic N) is 3.